The smallest absolute Gasteiger partial charge is 0.477 e. The van der Waals surface area contributed by atoms with Crippen LogP contribution in [0.1, 0.15) is 62.0 Å². The van der Waals surface area contributed by atoms with Crippen molar-refractivity contribution in [2.45, 2.75) is 70.9 Å². The molecule has 0 radical (unpaired) electrons. The van der Waals surface area contributed by atoms with Crippen LogP contribution in [-0.4, -0.2) is 37.0 Å². The number of methoxy groups -OCH3 is 1. The van der Waals surface area contributed by atoms with Crippen LogP contribution in [0.15, 0.2) is 6.07 Å². The van der Waals surface area contributed by atoms with E-state index < -0.39 is 7.12 Å². The second-order valence-corrected chi connectivity index (χ2v) is 10.6. The molecular weight excluding hydrogens is 410 g/mol. The van der Waals surface area contributed by atoms with Crippen molar-refractivity contribution in [3.8, 4) is 5.75 Å². The van der Waals surface area contributed by atoms with Crippen molar-refractivity contribution in [2.75, 3.05) is 7.11 Å². The SMILES string of the molecule is COc1c(Cl)cc(C[C@@H](Cl)B2OC3CC4CC(C4(C)C)[C@]3(C)O2)c(C)c1C(C)=O. The van der Waals surface area contributed by atoms with E-state index in [-0.39, 0.29) is 22.8 Å². The summed E-state index contributed by atoms with van der Waals surface area (Å²) in [7, 11) is 1.05. The summed E-state index contributed by atoms with van der Waals surface area (Å²) < 4.78 is 18.2. The zero-order chi connectivity index (χ0) is 21.3. The standard InChI is InChI=1S/C22H29BCl2O4/c1-11-13(7-15(24)20(27-6)19(11)12(2)26)8-18(25)23-28-17-10-14-9-16(21(14,3)4)22(17,5)29-23/h7,14,16-18H,8-10H2,1-6H3/t14?,16?,17?,18-,22+/m1/s1. The van der Waals surface area contributed by atoms with E-state index in [1.807, 2.05) is 13.0 Å². The van der Waals surface area contributed by atoms with Crippen molar-refractivity contribution in [1.82, 2.24) is 0 Å². The predicted octanol–water partition coefficient (Wildman–Crippen LogP) is 5.28. The molecule has 3 unspecified atom stereocenters. The molecule has 1 aromatic rings. The summed E-state index contributed by atoms with van der Waals surface area (Å²) in [5, 5.41) is 0.0411. The van der Waals surface area contributed by atoms with Gasteiger partial charge in [-0.3, -0.25) is 4.79 Å². The zero-order valence-electron chi connectivity index (χ0n) is 18.0. The number of benzene rings is 1. The molecule has 0 spiro atoms. The van der Waals surface area contributed by atoms with Gasteiger partial charge in [-0.15, -0.1) is 11.6 Å². The highest BCUT2D eigenvalue weighted by Crippen LogP contribution is 2.65. The number of Topliss-reactive ketones (excluding diaryl/α,β-unsaturated/α-hetero) is 1. The van der Waals surface area contributed by atoms with Crippen molar-refractivity contribution in [3.63, 3.8) is 0 Å². The number of hydrogen-bond donors (Lipinski definition) is 0. The first kappa shape index (κ1) is 21.5. The average Bonchev–Trinajstić information content (AvgIpc) is 3.00. The van der Waals surface area contributed by atoms with E-state index in [2.05, 4.69) is 20.8 Å². The number of hydrogen-bond acceptors (Lipinski definition) is 4. The van der Waals surface area contributed by atoms with Gasteiger partial charge >= 0.3 is 7.12 Å². The molecule has 2 bridgehead atoms. The molecule has 1 saturated heterocycles. The largest absolute Gasteiger partial charge is 0.494 e. The first-order valence-electron chi connectivity index (χ1n) is 10.3. The van der Waals surface area contributed by atoms with E-state index in [0.717, 1.165) is 17.5 Å². The third-order valence-corrected chi connectivity index (χ3v) is 8.48. The molecule has 7 heteroatoms. The van der Waals surface area contributed by atoms with E-state index in [1.54, 1.807) is 0 Å². The topological polar surface area (TPSA) is 44.8 Å². The fourth-order valence-corrected chi connectivity index (χ4v) is 6.55. The molecule has 29 heavy (non-hydrogen) atoms. The minimum atomic E-state index is -0.470. The van der Waals surface area contributed by atoms with Gasteiger partial charge in [-0.25, -0.2) is 0 Å². The Balaban J connectivity index is 1.56. The second kappa shape index (κ2) is 7.15. The molecule has 1 aromatic carbocycles. The van der Waals surface area contributed by atoms with Gasteiger partial charge in [-0.05, 0) is 74.5 Å². The summed E-state index contributed by atoms with van der Waals surface area (Å²) in [6.45, 7) is 10.3. The van der Waals surface area contributed by atoms with Crippen LogP contribution < -0.4 is 4.74 Å². The Morgan fingerprint density at radius 2 is 2.07 bits per heavy atom. The van der Waals surface area contributed by atoms with Gasteiger partial charge in [0.2, 0.25) is 0 Å². The van der Waals surface area contributed by atoms with Crippen molar-refractivity contribution in [1.29, 1.82) is 0 Å². The van der Waals surface area contributed by atoms with Crippen molar-refractivity contribution in [3.05, 3.63) is 27.8 Å². The third kappa shape index (κ3) is 3.15. The van der Waals surface area contributed by atoms with E-state index in [0.29, 0.717) is 40.0 Å². The quantitative estimate of drug-likeness (QED) is 0.356. The van der Waals surface area contributed by atoms with Gasteiger partial charge in [0, 0.05) is 0 Å². The first-order valence-corrected chi connectivity index (χ1v) is 11.2. The molecule has 3 aliphatic carbocycles. The minimum absolute atomic E-state index is 0.0804. The van der Waals surface area contributed by atoms with Gasteiger partial charge in [0.15, 0.2) is 5.78 Å². The van der Waals surface area contributed by atoms with E-state index >= 15 is 0 Å². The number of rotatable bonds is 5. The Morgan fingerprint density at radius 1 is 1.38 bits per heavy atom. The predicted molar refractivity (Wildman–Crippen MR) is 116 cm³/mol. The molecule has 5 rings (SSSR count). The van der Waals surface area contributed by atoms with Crippen LogP contribution >= 0.6 is 23.2 Å². The molecule has 0 N–H and O–H groups in total. The zero-order valence-corrected chi connectivity index (χ0v) is 19.5. The summed E-state index contributed by atoms with van der Waals surface area (Å²) in [6, 6.07) is 1.83. The van der Waals surface area contributed by atoms with Crippen LogP contribution in [0.4, 0.5) is 0 Å². The van der Waals surface area contributed by atoms with Crippen LogP contribution in [0.2, 0.25) is 5.02 Å². The lowest BCUT2D eigenvalue weighted by atomic mass is 9.43. The van der Waals surface area contributed by atoms with Gasteiger partial charge in [0.05, 0.1) is 34.7 Å². The van der Waals surface area contributed by atoms with Gasteiger partial charge in [0.1, 0.15) is 5.75 Å². The first-order chi connectivity index (χ1) is 13.5. The summed E-state index contributed by atoms with van der Waals surface area (Å²) in [4.78, 5) is 12.2. The van der Waals surface area contributed by atoms with Crippen molar-refractivity contribution < 1.29 is 18.8 Å². The maximum atomic E-state index is 12.2. The van der Waals surface area contributed by atoms with Gasteiger partial charge < -0.3 is 14.0 Å². The maximum absolute atomic E-state index is 12.2. The summed E-state index contributed by atoms with van der Waals surface area (Å²) >= 11 is 13.2. The molecule has 0 amide bonds. The van der Waals surface area contributed by atoms with Crippen molar-refractivity contribution in [2.24, 2.45) is 17.3 Å². The third-order valence-electron chi connectivity index (χ3n) is 7.84. The fraction of sp³-hybridized carbons (Fsp3) is 0.682. The number of halogens is 2. The summed E-state index contributed by atoms with van der Waals surface area (Å²) in [5.74, 6) is 1.53. The monoisotopic (exact) mass is 438 g/mol. The highest BCUT2D eigenvalue weighted by molar-refractivity contribution is 6.60. The lowest BCUT2D eigenvalue weighted by molar-refractivity contribution is -0.199. The highest BCUT2D eigenvalue weighted by Gasteiger charge is 2.68. The molecule has 1 heterocycles. The Labute approximate surface area is 183 Å². The highest BCUT2D eigenvalue weighted by atomic mass is 35.5. The van der Waals surface area contributed by atoms with Crippen LogP contribution in [0.3, 0.4) is 0 Å². The van der Waals surface area contributed by atoms with Crippen LogP contribution in [0.25, 0.3) is 0 Å². The average molecular weight is 439 g/mol. The number of ether oxygens (including phenoxy) is 1. The Hall–Kier alpha value is -0.745. The molecule has 3 saturated carbocycles. The minimum Gasteiger partial charge on any atom is -0.494 e. The van der Waals surface area contributed by atoms with Crippen molar-refractivity contribution >= 4 is 36.1 Å². The Kier molecular flexibility index (Phi) is 5.30. The molecule has 5 atom stereocenters. The number of alkyl halides is 1. The van der Waals surface area contributed by atoms with Gasteiger partial charge in [0.25, 0.3) is 0 Å². The molecule has 4 nitrogen and oxygen atoms in total. The van der Waals surface area contributed by atoms with Crippen LogP contribution in [0.5, 0.6) is 5.75 Å². The Morgan fingerprint density at radius 3 is 2.66 bits per heavy atom. The molecule has 158 valence electrons. The van der Waals surface area contributed by atoms with E-state index in [1.165, 1.54) is 20.5 Å². The van der Waals surface area contributed by atoms with Crippen LogP contribution in [-0.2, 0) is 15.7 Å². The lowest BCUT2D eigenvalue weighted by Crippen LogP contribution is -2.65. The fourth-order valence-electron chi connectivity index (χ4n) is 5.97. The van der Waals surface area contributed by atoms with Gasteiger partial charge in [-0.2, -0.15) is 0 Å². The molecule has 4 aliphatic rings. The molecule has 4 fully saturated rings. The summed E-state index contributed by atoms with van der Waals surface area (Å²) in [6.07, 6.45) is 2.83. The normalized spacial score (nSPS) is 33.1. The number of carbonyl (C=O) groups is 1. The van der Waals surface area contributed by atoms with Gasteiger partial charge in [-0.1, -0.05) is 25.4 Å². The Bertz CT molecular complexity index is 858. The van der Waals surface area contributed by atoms with E-state index in [9.17, 15) is 4.79 Å². The second-order valence-electron chi connectivity index (χ2n) is 9.66. The van der Waals surface area contributed by atoms with E-state index in [4.69, 9.17) is 37.2 Å². The molecule has 1 aliphatic heterocycles. The number of carbonyl (C=O) groups excluding carboxylic acids is 1. The van der Waals surface area contributed by atoms with Crippen LogP contribution in [0, 0.1) is 24.2 Å². The molecular formula is C22H29BCl2O4. The summed E-state index contributed by atoms with van der Waals surface area (Å²) in [5.41, 5.74) is 2.28. The lowest BCUT2D eigenvalue weighted by Gasteiger charge is -2.64. The number of ketones is 1. The maximum Gasteiger partial charge on any atom is 0.477 e. The molecule has 0 aromatic heterocycles.